The van der Waals surface area contributed by atoms with Crippen LogP contribution in [0.5, 0.6) is 11.5 Å². The van der Waals surface area contributed by atoms with Crippen LogP contribution in [-0.2, 0) is 0 Å². The van der Waals surface area contributed by atoms with Crippen molar-refractivity contribution >= 4 is 23.0 Å². The lowest BCUT2D eigenvalue weighted by Crippen LogP contribution is -1.86. The van der Waals surface area contributed by atoms with Crippen molar-refractivity contribution in [3.05, 3.63) is 46.5 Å². The van der Waals surface area contributed by atoms with Crippen molar-refractivity contribution in [2.45, 2.75) is 13.8 Å². The van der Waals surface area contributed by atoms with Crippen LogP contribution in [0.25, 0.3) is 0 Å². The van der Waals surface area contributed by atoms with Gasteiger partial charge in [0, 0.05) is 11.8 Å². The lowest BCUT2D eigenvalue weighted by Gasteiger charge is -2.02. The molecule has 4 nitrogen and oxygen atoms in total. The van der Waals surface area contributed by atoms with E-state index in [2.05, 4.69) is 0 Å². The molecule has 0 saturated heterocycles. The molecule has 2 rings (SSSR count). The summed E-state index contributed by atoms with van der Waals surface area (Å²) < 4.78 is 0. The SMILES string of the molecule is Cc1ccc(N)c(Cl)c1O.Cc1ccc(N)cc1O. The number of phenolic OH excluding ortho intramolecular Hbond substituents is 2. The van der Waals surface area contributed by atoms with E-state index in [0.29, 0.717) is 11.4 Å². The number of nitrogens with two attached hydrogens (primary N) is 2. The molecule has 0 unspecified atom stereocenters. The van der Waals surface area contributed by atoms with E-state index < -0.39 is 0 Å². The molecule has 102 valence electrons. The second-order valence-corrected chi connectivity index (χ2v) is 4.56. The third kappa shape index (κ3) is 3.96. The molecule has 0 bridgehead atoms. The molecule has 0 radical (unpaired) electrons. The van der Waals surface area contributed by atoms with Gasteiger partial charge in [0.1, 0.15) is 16.5 Å². The maximum atomic E-state index is 9.18. The molecule has 0 amide bonds. The topological polar surface area (TPSA) is 92.5 Å². The van der Waals surface area contributed by atoms with Crippen LogP contribution in [0.15, 0.2) is 30.3 Å². The summed E-state index contributed by atoms with van der Waals surface area (Å²) in [6.07, 6.45) is 0. The van der Waals surface area contributed by atoms with Crippen molar-refractivity contribution in [1.82, 2.24) is 0 Å². The minimum atomic E-state index is 0.0710. The monoisotopic (exact) mass is 280 g/mol. The number of aryl methyl sites for hydroxylation is 2. The highest BCUT2D eigenvalue weighted by atomic mass is 35.5. The predicted octanol–water partition coefficient (Wildman–Crippen LogP) is 3.22. The van der Waals surface area contributed by atoms with E-state index in [4.69, 9.17) is 28.2 Å². The third-order valence-electron chi connectivity index (χ3n) is 2.58. The largest absolute Gasteiger partial charge is 0.508 e. The number of anilines is 2. The second-order valence-electron chi connectivity index (χ2n) is 4.18. The van der Waals surface area contributed by atoms with Crippen LogP contribution in [0.4, 0.5) is 11.4 Å². The van der Waals surface area contributed by atoms with Gasteiger partial charge in [0.2, 0.25) is 0 Å². The van der Waals surface area contributed by atoms with Gasteiger partial charge >= 0.3 is 0 Å². The van der Waals surface area contributed by atoms with Crippen LogP contribution in [0.2, 0.25) is 5.02 Å². The Bertz CT molecular complexity index is 559. The Balaban J connectivity index is 0.000000191. The fourth-order valence-corrected chi connectivity index (χ4v) is 1.52. The highest BCUT2D eigenvalue weighted by Gasteiger charge is 2.03. The van der Waals surface area contributed by atoms with Gasteiger partial charge in [-0.25, -0.2) is 0 Å². The van der Waals surface area contributed by atoms with E-state index in [9.17, 15) is 5.11 Å². The number of halogens is 1. The van der Waals surface area contributed by atoms with Crippen molar-refractivity contribution < 1.29 is 10.2 Å². The van der Waals surface area contributed by atoms with E-state index in [0.717, 1.165) is 11.1 Å². The standard InChI is InChI=1S/C7H8ClNO.C7H9NO/c1-4-2-3-5(9)6(8)7(4)10;1-5-2-3-6(8)4-7(5)9/h2-3,10H,9H2,1H3;2-4,9H,8H2,1H3. The average molecular weight is 281 g/mol. The number of rotatable bonds is 0. The fraction of sp³-hybridized carbons (Fsp3) is 0.143. The molecule has 0 aliphatic carbocycles. The molecule has 6 N–H and O–H groups in total. The summed E-state index contributed by atoms with van der Waals surface area (Å²) in [6, 6.07) is 8.46. The summed E-state index contributed by atoms with van der Waals surface area (Å²) in [4.78, 5) is 0. The van der Waals surface area contributed by atoms with Gasteiger partial charge in [-0.2, -0.15) is 0 Å². The van der Waals surface area contributed by atoms with Crippen LogP contribution in [0, 0.1) is 13.8 Å². The summed E-state index contributed by atoms with van der Waals surface area (Å²) in [5, 5.41) is 18.4. The van der Waals surface area contributed by atoms with Crippen molar-refractivity contribution in [3.63, 3.8) is 0 Å². The number of aromatic hydroxyl groups is 2. The highest BCUT2D eigenvalue weighted by molar-refractivity contribution is 6.34. The van der Waals surface area contributed by atoms with E-state index in [-0.39, 0.29) is 16.5 Å². The van der Waals surface area contributed by atoms with Gasteiger partial charge in [-0.05, 0) is 37.1 Å². The second kappa shape index (κ2) is 6.20. The minimum Gasteiger partial charge on any atom is -0.508 e. The Morgan fingerprint density at radius 3 is 2.00 bits per heavy atom. The molecule has 0 spiro atoms. The molecule has 0 aromatic heterocycles. The molecule has 0 atom stereocenters. The lowest BCUT2D eigenvalue weighted by molar-refractivity contribution is 0.471. The normalized spacial score (nSPS) is 9.63. The zero-order chi connectivity index (χ0) is 14.6. The predicted molar refractivity (Wildman–Crippen MR) is 79.5 cm³/mol. The van der Waals surface area contributed by atoms with Crippen LogP contribution >= 0.6 is 11.6 Å². The maximum absolute atomic E-state index is 9.18. The molecule has 0 heterocycles. The molecular formula is C14H17ClN2O2. The van der Waals surface area contributed by atoms with Crippen LogP contribution in [0.3, 0.4) is 0 Å². The maximum Gasteiger partial charge on any atom is 0.139 e. The van der Waals surface area contributed by atoms with Gasteiger partial charge in [-0.3, -0.25) is 0 Å². The van der Waals surface area contributed by atoms with Gasteiger partial charge in [-0.1, -0.05) is 23.7 Å². The summed E-state index contributed by atoms with van der Waals surface area (Å²) in [5.74, 6) is 0.330. The molecule has 2 aromatic carbocycles. The number of nitrogen functional groups attached to an aromatic ring is 2. The van der Waals surface area contributed by atoms with E-state index >= 15 is 0 Å². The first kappa shape index (κ1) is 15.0. The fourth-order valence-electron chi connectivity index (χ4n) is 1.30. The Hall–Kier alpha value is -2.07. The summed E-state index contributed by atoms with van der Waals surface area (Å²) in [5.41, 5.74) is 13.4. The lowest BCUT2D eigenvalue weighted by atomic mass is 10.2. The number of hydrogen-bond donors (Lipinski definition) is 4. The molecule has 0 saturated carbocycles. The first-order chi connectivity index (χ1) is 8.82. The van der Waals surface area contributed by atoms with Crippen LogP contribution < -0.4 is 11.5 Å². The number of hydrogen-bond acceptors (Lipinski definition) is 4. The third-order valence-corrected chi connectivity index (χ3v) is 2.98. The molecule has 0 aliphatic heterocycles. The van der Waals surface area contributed by atoms with Gasteiger partial charge in [0.05, 0.1) is 5.69 Å². The molecule has 0 aliphatic rings. The van der Waals surface area contributed by atoms with Gasteiger partial charge in [-0.15, -0.1) is 0 Å². The highest BCUT2D eigenvalue weighted by Crippen LogP contribution is 2.31. The van der Waals surface area contributed by atoms with Gasteiger partial charge in [0.25, 0.3) is 0 Å². The van der Waals surface area contributed by atoms with Gasteiger partial charge < -0.3 is 21.7 Å². The van der Waals surface area contributed by atoms with Crippen molar-refractivity contribution in [3.8, 4) is 11.5 Å². The van der Waals surface area contributed by atoms with E-state index in [1.165, 1.54) is 6.07 Å². The average Bonchev–Trinajstić information content (AvgIpc) is 2.37. The zero-order valence-electron chi connectivity index (χ0n) is 10.8. The number of benzene rings is 2. The van der Waals surface area contributed by atoms with Crippen LogP contribution in [0.1, 0.15) is 11.1 Å². The molecular weight excluding hydrogens is 264 g/mol. The Labute approximate surface area is 117 Å². The first-order valence-corrected chi connectivity index (χ1v) is 5.99. The quantitative estimate of drug-likeness (QED) is 0.558. The zero-order valence-corrected chi connectivity index (χ0v) is 11.6. The summed E-state index contributed by atoms with van der Waals surface area (Å²) >= 11 is 5.61. The van der Waals surface area contributed by atoms with Crippen molar-refractivity contribution in [2.75, 3.05) is 11.5 Å². The Kier molecular flexibility index (Phi) is 4.89. The molecule has 2 aromatic rings. The van der Waals surface area contributed by atoms with E-state index in [1.54, 1.807) is 31.2 Å². The minimum absolute atomic E-state index is 0.0710. The van der Waals surface area contributed by atoms with Crippen molar-refractivity contribution in [1.29, 1.82) is 0 Å². The van der Waals surface area contributed by atoms with Gasteiger partial charge in [0.15, 0.2) is 0 Å². The van der Waals surface area contributed by atoms with Crippen LogP contribution in [-0.4, -0.2) is 10.2 Å². The molecule has 5 heteroatoms. The molecule has 19 heavy (non-hydrogen) atoms. The number of phenols is 2. The summed E-state index contributed by atoms with van der Waals surface area (Å²) in [7, 11) is 0. The first-order valence-electron chi connectivity index (χ1n) is 5.61. The van der Waals surface area contributed by atoms with Crippen molar-refractivity contribution in [2.24, 2.45) is 0 Å². The van der Waals surface area contributed by atoms with E-state index in [1.807, 2.05) is 6.92 Å². The Morgan fingerprint density at radius 1 is 0.947 bits per heavy atom. The Morgan fingerprint density at radius 2 is 1.53 bits per heavy atom. The smallest absolute Gasteiger partial charge is 0.139 e. The molecule has 0 fully saturated rings. The summed E-state index contributed by atoms with van der Waals surface area (Å²) in [6.45, 7) is 3.59.